The SMILES string of the molecule is CO[C@@H]1[C@H](O)C[C@@H](C)[C@](C)(CO)[C@H]1/C(C)=C/CCC(C)C. The Kier molecular flexibility index (Phi) is 6.89. The molecule has 124 valence electrons. The molecule has 0 aliphatic heterocycles. The summed E-state index contributed by atoms with van der Waals surface area (Å²) in [6.07, 6.45) is 4.48. The molecule has 0 unspecified atom stereocenters. The maximum atomic E-state index is 10.4. The lowest BCUT2D eigenvalue weighted by molar-refractivity contribution is -0.139. The van der Waals surface area contributed by atoms with Gasteiger partial charge in [-0.05, 0) is 38.0 Å². The zero-order chi connectivity index (χ0) is 16.2. The summed E-state index contributed by atoms with van der Waals surface area (Å²) in [7, 11) is 1.66. The van der Waals surface area contributed by atoms with E-state index in [2.05, 4.69) is 40.7 Å². The molecule has 1 aliphatic rings. The van der Waals surface area contributed by atoms with Crippen molar-refractivity contribution in [2.24, 2.45) is 23.2 Å². The Morgan fingerprint density at radius 2 is 2.05 bits per heavy atom. The zero-order valence-electron chi connectivity index (χ0n) is 14.6. The Morgan fingerprint density at radius 1 is 1.43 bits per heavy atom. The summed E-state index contributed by atoms with van der Waals surface area (Å²) >= 11 is 0. The number of aliphatic hydroxyl groups excluding tert-OH is 2. The summed E-state index contributed by atoms with van der Waals surface area (Å²) in [4.78, 5) is 0. The van der Waals surface area contributed by atoms with Crippen molar-refractivity contribution in [2.75, 3.05) is 13.7 Å². The van der Waals surface area contributed by atoms with E-state index < -0.39 is 6.10 Å². The highest BCUT2D eigenvalue weighted by Crippen LogP contribution is 2.49. The minimum Gasteiger partial charge on any atom is -0.396 e. The van der Waals surface area contributed by atoms with Crippen molar-refractivity contribution >= 4 is 0 Å². The molecule has 1 fully saturated rings. The molecule has 0 aromatic heterocycles. The minimum absolute atomic E-state index is 0.0680. The Hall–Kier alpha value is -0.380. The highest BCUT2D eigenvalue weighted by Gasteiger charge is 2.50. The molecule has 0 radical (unpaired) electrons. The van der Waals surface area contributed by atoms with E-state index in [-0.39, 0.29) is 30.0 Å². The minimum atomic E-state index is -0.455. The molecule has 1 saturated carbocycles. The largest absolute Gasteiger partial charge is 0.396 e. The van der Waals surface area contributed by atoms with E-state index in [1.54, 1.807) is 7.11 Å². The van der Waals surface area contributed by atoms with E-state index in [0.29, 0.717) is 12.3 Å². The summed E-state index contributed by atoms with van der Waals surface area (Å²) in [5, 5.41) is 20.4. The summed E-state index contributed by atoms with van der Waals surface area (Å²) in [5.74, 6) is 1.02. The molecule has 0 bridgehead atoms. The highest BCUT2D eigenvalue weighted by molar-refractivity contribution is 5.15. The van der Waals surface area contributed by atoms with Gasteiger partial charge in [0.1, 0.15) is 0 Å². The van der Waals surface area contributed by atoms with Gasteiger partial charge in [-0.2, -0.15) is 0 Å². The predicted octanol–water partition coefficient (Wildman–Crippen LogP) is 3.40. The lowest BCUT2D eigenvalue weighted by Crippen LogP contribution is -2.54. The maximum Gasteiger partial charge on any atom is 0.0901 e. The average Bonchev–Trinajstić information content (AvgIpc) is 2.41. The van der Waals surface area contributed by atoms with Gasteiger partial charge in [-0.3, -0.25) is 0 Å². The molecule has 3 nitrogen and oxygen atoms in total. The van der Waals surface area contributed by atoms with Gasteiger partial charge >= 0.3 is 0 Å². The molecule has 0 saturated heterocycles. The van der Waals surface area contributed by atoms with Gasteiger partial charge in [0.2, 0.25) is 0 Å². The summed E-state index contributed by atoms with van der Waals surface area (Å²) in [5.41, 5.74) is 1.00. The quantitative estimate of drug-likeness (QED) is 0.739. The Bertz CT molecular complexity index is 350. The number of allylic oxidation sites excluding steroid dienone is 1. The van der Waals surface area contributed by atoms with Crippen LogP contribution in [0.1, 0.15) is 53.9 Å². The molecule has 3 heteroatoms. The molecule has 5 atom stereocenters. The number of hydrogen-bond acceptors (Lipinski definition) is 3. The van der Waals surface area contributed by atoms with Gasteiger partial charge in [0.05, 0.1) is 12.2 Å². The Balaban J connectivity index is 3.03. The van der Waals surface area contributed by atoms with Crippen LogP contribution in [0.5, 0.6) is 0 Å². The highest BCUT2D eigenvalue weighted by atomic mass is 16.5. The monoisotopic (exact) mass is 298 g/mol. The number of methoxy groups -OCH3 is 1. The molecule has 0 aromatic rings. The molecule has 21 heavy (non-hydrogen) atoms. The third-order valence-corrected chi connectivity index (χ3v) is 5.45. The van der Waals surface area contributed by atoms with Crippen LogP contribution in [0.2, 0.25) is 0 Å². The zero-order valence-corrected chi connectivity index (χ0v) is 14.6. The van der Waals surface area contributed by atoms with Crippen molar-refractivity contribution in [3.63, 3.8) is 0 Å². The molecule has 0 heterocycles. The van der Waals surface area contributed by atoms with E-state index in [1.165, 1.54) is 5.57 Å². The van der Waals surface area contributed by atoms with Crippen molar-refractivity contribution < 1.29 is 14.9 Å². The first kappa shape index (κ1) is 18.7. The van der Waals surface area contributed by atoms with Crippen molar-refractivity contribution in [3.05, 3.63) is 11.6 Å². The molecule has 1 rings (SSSR count). The number of aliphatic hydroxyl groups is 2. The first-order chi connectivity index (χ1) is 9.77. The van der Waals surface area contributed by atoms with Crippen molar-refractivity contribution in [1.82, 2.24) is 0 Å². The topological polar surface area (TPSA) is 49.7 Å². The van der Waals surface area contributed by atoms with Crippen LogP contribution in [0, 0.1) is 23.2 Å². The Labute approximate surface area is 130 Å². The second-order valence-electron chi connectivity index (χ2n) is 7.47. The maximum absolute atomic E-state index is 10.4. The number of ether oxygens (including phenoxy) is 1. The molecule has 0 aromatic carbocycles. The van der Waals surface area contributed by atoms with E-state index in [9.17, 15) is 10.2 Å². The average molecular weight is 298 g/mol. The summed E-state index contributed by atoms with van der Waals surface area (Å²) in [6.45, 7) is 11.0. The van der Waals surface area contributed by atoms with Gasteiger partial charge in [0, 0.05) is 25.0 Å². The Morgan fingerprint density at radius 3 is 2.52 bits per heavy atom. The van der Waals surface area contributed by atoms with Gasteiger partial charge in [-0.25, -0.2) is 0 Å². The normalized spacial score (nSPS) is 38.0. The molecular weight excluding hydrogens is 264 g/mol. The molecule has 1 aliphatic carbocycles. The number of rotatable bonds is 6. The molecule has 0 amide bonds. The van der Waals surface area contributed by atoms with Crippen molar-refractivity contribution in [2.45, 2.75) is 66.1 Å². The van der Waals surface area contributed by atoms with Crippen LogP contribution in [0.4, 0.5) is 0 Å². The number of hydrogen-bond donors (Lipinski definition) is 2. The van der Waals surface area contributed by atoms with Gasteiger partial charge in [0.25, 0.3) is 0 Å². The summed E-state index contributed by atoms with van der Waals surface area (Å²) < 4.78 is 5.61. The standard InChI is InChI=1S/C18H34O3/c1-12(2)8-7-9-13(3)16-17(21-6)15(20)10-14(4)18(16,5)11-19/h9,12,14-17,19-20H,7-8,10-11H2,1-6H3/b13-9+/t14-,15-,16+,17-,18+/m1/s1. The first-order valence-corrected chi connectivity index (χ1v) is 8.26. The van der Waals surface area contributed by atoms with Crippen LogP contribution in [-0.2, 0) is 4.74 Å². The second-order valence-corrected chi connectivity index (χ2v) is 7.47. The van der Waals surface area contributed by atoms with E-state index in [0.717, 1.165) is 12.8 Å². The molecule has 2 N–H and O–H groups in total. The van der Waals surface area contributed by atoms with Crippen LogP contribution >= 0.6 is 0 Å². The third kappa shape index (κ3) is 4.08. The lowest BCUT2D eigenvalue weighted by Gasteiger charge is -2.51. The van der Waals surface area contributed by atoms with Gasteiger partial charge < -0.3 is 14.9 Å². The van der Waals surface area contributed by atoms with Crippen molar-refractivity contribution in [3.8, 4) is 0 Å². The van der Waals surface area contributed by atoms with Crippen LogP contribution in [-0.4, -0.2) is 36.1 Å². The van der Waals surface area contributed by atoms with Gasteiger partial charge in [-0.15, -0.1) is 0 Å². The van der Waals surface area contributed by atoms with Crippen LogP contribution in [0.15, 0.2) is 11.6 Å². The van der Waals surface area contributed by atoms with Crippen LogP contribution in [0.25, 0.3) is 0 Å². The fourth-order valence-corrected chi connectivity index (χ4v) is 3.77. The summed E-state index contributed by atoms with van der Waals surface area (Å²) in [6, 6.07) is 0. The third-order valence-electron chi connectivity index (χ3n) is 5.45. The van der Waals surface area contributed by atoms with Crippen LogP contribution < -0.4 is 0 Å². The second kappa shape index (κ2) is 7.75. The fourth-order valence-electron chi connectivity index (χ4n) is 3.77. The van der Waals surface area contributed by atoms with E-state index in [4.69, 9.17) is 4.74 Å². The van der Waals surface area contributed by atoms with Gasteiger partial charge in [0.15, 0.2) is 0 Å². The predicted molar refractivity (Wildman–Crippen MR) is 87.1 cm³/mol. The van der Waals surface area contributed by atoms with E-state index >= 15 is 0 Å². The first-order valence-electron chi connectivity index (χ1n) is 8.26. The lowest BCUT2D eigenvalue weighted by atomic mass is 9.58. The van der Waals surface area contributed by atoms with E-state index in [1.807, 2.05) is 0 Å². The smallest absolute Gasteiger partial charge is 0.0901 e. The van der Waals surface area contributed by atoms with Gasteiger partial charge in [-0.1, -0.05) is 39.3 Å². The molecular formula is C18H34O3. The molecule has 0 spiro atoms. The fraction of sp³-hybridized carbons (Fsp3) is 0.889. The van der Waals surface area contributed by atoms with Crippen LogP contribution in [0.3, 0.4) is 0 Å². The van der Waals surface area contributed by atoms with Crippen molar-refractivity contribution in [1.29, 1.82) is 0 Å².